The van der Waals surface area contributed by atoms with E-state index in [0.717, 1.165) is 16.6 Å². The summed E-state index contributed by atoms with van der Waals surface area (Å²) in [6, 6.07) is 7.79. The maximum absolute atomic E-state index is 12.0. The second-order valence-corrected chi connectivity index (χ2v) is 4.73. The standard InChI is InChI=1S/C13H13BrN2O/c1-2-16-9-11(8-15-16)13(17)7-10-4-3-5-12(14)6-10/h3-6,8-9H,2,7H2,1H3. The van der Waals surface area contributed by atoms with Crippen LogP contribution in [0.2, 0.25) is 0 Å². The topological polar surface area (TPSA) is 34.9 Å². The summed E-state index contributed by atoms with van der Waals surface area (Å²) >= 11 is 3.40. The van der Waals surface area contributed by atoms with E-state index in [-0.39, 0.29) is 5.78 Å². The first-order valence-corrected chi connectivity index (χ1v) is 6.28. The van der Waals surface area contributed by atoms with Gasteiger partial charge in [0.05, 0.1) is 11.8 Å². The molecule has 2 rings (SSSR count). The van der Waals surface area contributed by atoms with Crippen molar-refractivity contribution >= 4 is 21.7 Å². The van der Waals surface area contributed by atoms with Crippen LogP contribution in [0.1, 0.15) is 22.8 Å². The van der Waals surface area contributed by atoms with Crippen molar-refractivity contribution in [2.24, 2.45) is 0 Å². The molecule has 0 radical (unpaired) electrons. The van der Waals surface area contributed by atoms with E-state index in [4.69, 9.17) is 0 Å². The normalized spacial score (nSPS) is 10.5. The number of hydrogen-bond donors (Lipinski definition) is 0. The van der Waals surface area contributed by atoms with Crippen LogP contribution >= 0.6 is 15.9 Å². The number of ketones is 1. The molecule has 0 fully saturated rings. The molecule has 4 heteroatoms. The molecule has 17 heavy (non-hydrogen) atoms. The van der Waals surface area contributed by atoms with Crippen LogP contribution in [-0.2, 0) is 13.0 Å². The minimum atomic E-state index is 0.0998. The van der Waals surface area contributed by atoms with Crippen LogP contribution in [0.3, 0.4) is 0 Å². The maximum Gasteiger partial charge on any atom is 0.170 e. The minimum absolute atomic E-state index is 0.0998. The van der Waals surface area contributed by atoms with Crippen molar-refractivity contribution < 1.29 is 4.79 Å². The van der Waals surface area contributed by atoms with Crippen LogP contribution in [0.4, 0.5) is 0 Å². The second-order valence-electron chi connectivity index (χ2n) is 3.81. The summed E-state index contributed by atoms with van der Waals surface area (Å²) in [7, 11) is 0. The van der Waals surface area contributed by atoms with Crippen molar-refractivity contribution in [3.05, 3.63) is 52.3 Å². The van der Waals surface area contributed by atoms with E-state index in [1.165, 1.54) is 0 Å². The van der Waals surface area contributed by atoms with Gasteiger partial charge in [-0.25, -0.2) is 0 Å². The highest BCUT2D eigenvalue weighted by Crippen LogP contribution is 2.13. The van der Waals surface area contributed by atoms with Crippen molar-refractivity contribution in [1.29, 1.82) is 0 Å². The van der Waals surface area contributed by atoms with Gasteiger partial charge >= 0.3 is 0 Å². The number of benzene rings is 1. The van der Waals surface area contributed by atoms with Crippen molar-refractivity contribution in [2.45, 2.75) is 19.9 Å². The molecule has 0 unspecified atom stereocenters. The van der Waals surface area contributed by atoms with E-state index in [1.54, 1.807) is 17.1 Å². The summed E-state index contributed by atoms with van der Waals surface area (Å²) in [5, 5.41) is 4.10. The molecule has 0 saturated carbocycles. The summed E-state index contributed by atoms with van der Waals surface area (Å²) in [5.74, 6) is 0.0998. The van der Waals surface area contributed by atoms with E-state index in [2.05, 4.69) is 21.0 Å². The lowest BCUT2D eigenvalue weighted by molar-refractivity contribution is 0.0993. The fraction of sp³-hybridized carbons (Fsp3) is 0.231. The van der Waals surface area contributed by atoms with E-state index >= 15 is 0 Å². The lowest BCUT2D eigenvalue weighted by atomic mass is 10.1. The van der Waals surface area contributed by atoms with Gasteiger partial charge in [0, 0.05) is 23.6 Å². The zero-order valence-corrected chi connectivity index (χ0v) is 11.1. The fourth-order valence-corrected chi connectivity index (χ4v) is 2.06. The predicted octanol–water partition coefficient (Wildman–Crippen LogP) is 3.09. The summed E-state index contributed by atoms with van der Waals surface area (Å²) in [4.78, 5) is 12.0. The highest BCUT2D eigenvalue weighted by Gasteiger charge is 2.09. The van der Waals surface area contributed by atoms with Crippen LogP contribution in [-0.4, -0.2) is 15.6 Å². The molecular weight excluding hydrogens is 280 g/mol. The summed E-state index contributed by atoms with van der Waals surface area (Å²) in [5.41, 5.74) is 1.68. The third-order valence-electron chi connectivity index (χ3n) is 2.53. The average Bonchev–Trinajstić information content (AvgIpc) is 2.77. The van der Waals surface area contributed by atoms with Crippen LogP contribution in [0.15, 0.2) is 41.1 Å². The molecule has 3 nitrogen and oxygen atoms in total. The Morgan fingerprint density at radius 2 is 2.29 bits per heavy atom. The number of rotatable bonds is 4. The zero-order valence-electron chi connectivity index (χ0n) is 9.56. The van der Waals surface area contributed by atoms with Gasteiger partial charge in [-0.05, 0) is 24.6 Å². The molecule has 1 aromatic heterocycles. The van der Waals surface area contributed by atoms with Crippen molar-refractivity contribution in [2.75, 3.05) is 0 Å². The van der Waals surface area contributed by atoms with Crippen molar-refractivity contribution in [1.82, 2.24) is 9.78 Å². The average molecular weight is 293 g/mol. The zero-order chi connectivity index (χ0) is 12.3. The molecule has 0 N–H and O–H groups in total. The van der Waals surface area contributed by atoms with E-state index in [9.17, 15) is 4.79 Å². The molecule has 1 aromatic carbocycles. The third-order valence-corrected chi connectivity index (χ3v) is 3.03. The molecule has 2 aromatic rings. The molecule has 0 bridgehead atoms. The van der Waals surface area contributed by atoms with Gasteiger partial charge in [0.15, 0.2) is 5.78 Å². The second kappa shape index (κ2) is 5.27. The highest BCUT2D eigenvalue weighted by molar-refractivity contribution is 9.10. The van der Waals surface area contributed by atoms with Gasteiger partial charge in [0.25, 0.3) is 0 Å². The van der Waals surface area contributed by atoms with Crippen molar-refractivity contribution in [3.8, 4) is 0 Å². The number of hydrogen-bond acceptors (Lipinski definition) is 2. The Balaban J connectivity index is 2.11. The van der Waals surface area contributed by atoms with Gasteiger partial charge < -0.3 is 0 Å². The lowest BCUT2D eigenvalue weighted by Gasteiger charge is -1.99. The molecule has 1 heterocycles. The van der Waals surface area contributed by atoms with Gasteiger partial charge in [0.1, 0.15) is 0 Å². The van der Waals surface area contributed by atoms with E-state index in [0.29, 0.717) is 12.0 Å². The summed E-state index contributed by atoms with van der Waals surface area (Å²) in [6.07, 6.45) is 3.83. The fourth-order valence-electron chi connectivity index (χ4n) is 1.61. The molecular formula is C13H13BrN2O. The molecule has 0 spiro atoms. The maximum atomic E-state index is 12.0. The number of nitrogens with zero attached hydrogens (tertiary/aromatic N) is 2. The number of aromatic nitrogens is 2. The Bertz CT molecular complexity index is 534. The predicted molar refractivity (Wildman–Crippen MR) is 70.1 cm³/mol. The monoisotopic (exact) mass is 292 g/mol. The largest absolute Gasteiger partial charge is 0.294 e. The Kier molecular flexibility index (Phi) is 3.74. The number of halogens is 1. The van der Waals surface area contributed by atoms with Gasteiger partial charge in [-0.15, -0.1) is 0 Å². The van der Waals surface area contributed by atoms with Gasteiger partial charge in [-0.2, -0.15) is 5.10 Å². The number of aryl methyl sites for hydroxylation is 1. The van der Waals surface area contributed by atoms with Crippen LogP contribution in [0.5, 0.6) is 0 Å². The van der Waals surface area contributed by atoms with Gasteiger partial charge in [-0.1, -0.05) is 28.1 Å². The Morgan fingerprint density at radius 1 is 1.47 bits per heavy atom. The SMILES string of the molecule is CCn1cc(C(=O)Cc2cccc(Br)c2)cn1. The summed E-state index contributed by atoms with van der Waals surface area (Å²) < 4.78 is 2.75. The Labute approximate surface area is 109 Å². The molecule has 0 amide bonds. The molecule has 0 aliphatic heterocycles. The first kappa shape index (κ1) is 12.0. The van der Waals surface area contributed by atoms with Crippen LogP contribution in [0, 0.1) is 0 Å². The molecule has 0 aliphatic carbocycles. The quantitative estimate of drug-likeness (QED) is 0.812. The number of carbonyl (C=O) groups is 1. The van der Waals surface area contributed by atoms with Crippen LogP contribution in [0.25, 0.3) is 0 Å². The molecule has 0 aliphatic rings. The van der Waals surface area contributed by atoms with Gasteiger partial charge in [-0.3, -0.25) is 9.48 Å². The first-order chi connectivity index (χ1) is 8.19. The Morgan fingerprint density at radius 3 is 2.94 bits per heavy atom. The van der Waals surface area contributed by atoms with Gasteiger partial charge in [0.2, 0.25) is 0 Å². The Hall–Kier alpha value is -1.42. The van der Waals surface area contributed by atoms with E-state index < -0.39 is 0 Å². The number of carbonyl (C=O) groups excluding carboxylic acids is 1. The highest BCUT2D eigenvalue weighted by atomic mass is 79.9. The third kappa shape index (κ3) is 3.03. The molecule has 88 valence electrons. The minimum Gasteiger partial charge on any atom is -0.294 e. The summed E-state index contributed by atoms with van der Waals surface area (Å²) in [6.45, 7) is 2.78. The smallest absolute Gasteiger partial charge is 0.170 e. The molecule has 0 atom stereocenters. The first-order valence-electron chi connectivity index (χ1n) is 5.49. The van der Waals surface area contributed by atoms with Crippen molar-refractivity contribution in [3.63, 3.8) is 0 Å². The lowest BCUT2D eigenvalue weighted by Crippen LogP contribution is -2.02. The number of Topliss-reactive ketones (excluding diaryl/α,β-unsaturated/α-hetero) is 1. The van der Waals surface area contributed by atoms with Crippen LogP contribution < -0.4 is 0 Å². The van der Waals surface area contributed by atoms with E-state index in [1.807, 2.05) is 31.2 Å². The molecule has 0 saturated heterocycles.